The second kappa shape index (κ2) is 4.11. The van der Waals surface area contributed by atoms with E-state index in [2.05, 4.69) is 25.4 Å². The van der Waals surface area contributed by atoms with E-state index in [-0.39, 0.29) is 19.0 Å². The smallest absolute Gasteiger partial charge is 0.282 e. The molecule has 7 nitrogen and oxygen atoms in total. The van der Waals surface area contributed by atoms with Gasteiger partial charge in [-0.15, -0.1) is 5.10 Å². The van der Waals surface area contributed by atoms with Crippen molar-refractivity contribution in [2.24, 2.45) is 0 Å². The van der Waals surface area contributed by atoms with E-state index in [1.54, 1.807) is 0 Å². The van der Waals surface area contributed by atoms with Crippen LogP contribution in [0.1, 0.15) is 0 Å². The van der Waals surface area contributed by atoms with Crippen LogP contribution in [0, 0.1) is 0 Å². The first kappa shape index (κ1) is 11.8. The zero-order valence-electron chi connectivity index (χ0n) is 9.97. The second-order valence-corrected chi connectivity index (χ2v) is 4.16. The van der Waals surface area contributed by atoms with Crippen LogP contribution in [-0.2, 0) is 0 Å². The first-order chi connectivity index (χ1) is 9.09. The Balaban J connectivity index is 1.90. The van der Waals surface area contributed by atoms with Gasteiger partial charge in [0.05, 0.1) is 32.6 Å². The average molecular weight is 268 g/mol. The minimum atomic E-state index is -2.66. The number of nitrogens with one attached hydrogen (secondary N) is 1. The lowest BCUT2D eigenvalue weighted by atomic mass is 10.1. The minimum Gasteiger partial charge on any atom is -0.479 e. The summed E-state index contributed by atoms with van der Waals surface area (Å²) in [5, 5.41) is 9.87. The van der Waals surface area contributed by atoms with E-state index in [0.717, 1.165) is 0 Å². The summed E-state index contributed by atoms with van der Waals surface area (Å²) < 4.78 is 30.8. The Morgan fingerprint density at radius 2 is 2.21 bits per heavy atom. The average Bonchev–Trinajstić information content (AvgIpc) is 2.89. The summed E-state index contributed by atoms with van der Waals surface area (Å²) in [6.07, 6.45) is 2.98. The highest BCUT2D eigenvalue weighted by molar-refractivity contribution is 5.60. The molecule has 3 rings (SSSR count). The Hall–Kier alpha value is -2.32. The van der Waals surface area contributed by atoms with E-state index in [1.165, 1.54) is 24.4 Å². The van der Waals surface area contributed by atoms with Gasteiger partial charge in [-0.2, -0.15) is 4.98 Å². The summed E-state index contributed by atoms with van der Waals surface area (Å²) in [7, 11) is 1.43. The maximum atomic E-state index is 12.9. The molecule has 0 spiro atoms. The number of aromatic nitrogens is 5. The molecule has 19 heavy (non-hydrogen) atoms. The van der Waals surface area contributed by atoms with Gasteiger partial charge in [0.25, 0.3) is 5.92 Å². The van der Waals surface area contributed by atoms with E-state index >= 15 is 0 Å². The highest BCUT2D eigenvalue weighted by atomic mass is 19.3. The van der Waals surface area contributed by atoms with E-state index < -0.39 is 5.92 Å². The first-order valence-corrected chi connectivity index (χ1v) is 5.50. The van der Waals surface area contributed by atoms with Crippen LogP contribution in [0.5, 0.6) is 5.88 Å². The van der Waals surface area contributed by atoms with Crippen LogP contribution in [0.3, 0.4) is 0 Å². The second-order valence-electron chi connectivity index (χ2n) is 4.16. The number of halogens is 2. The van der Waals surface area contributed by atoms with Crippen molar-refractivity contribution >= 4 is 5.69 Å². The topological polar surface area (TPSA) is 79.8 Å². The third kappa shape index (κ3) is 2.07. The Morgan fingerprint density at radius 3 is 2.79 bits per heavy atom. The Bertz CT molecular complexity index is 580. The van der Waals surface area contributed by atoms with Crippen molar-refractivity contribution in [1.82, 2.24) is 25.4 Å². The Morgan fingerprint density at radius 1 is 1.42 bits per heavy atom. The standard InChI is InChI=1S/C10H10F2N6O/c1-19-9-7(18-4-10(11,12)5-18)3-13-8(15-9)6-2-14-17-16-6/h2-3H,4-5H2,1H3,(H,14,16,17). The molecule has 1 fully saturated rings. The van der Waals surface area contributed by atoms with Crippen molar-refractivity contribution in [3.63, 3.8) is 0 Å². The fourth-order valence-electron chi connectivity index (χ4n) is 1.84. The molecule has 1 N–H and O–H groups in total. The van der Waals surface area contributed by atoms with Crippen molar-refractivity contribution in [3.05, 3.63) is 12.4 Å². The highest BCUT2D eigenvalue weighted by Gasteiger charge is 2.45. The molecule has 0 saturated carbocycles. The fraction of sp³-hybridized carbons (Fsp3) is 0.400. The predicted molar refractivity (Wildman–Crippen MR) is 61.1 cm³/mol. The molecule has 1 saturated heterocycles. The zero-order valence-corrected chi connectivity index (χ0v) is 9.97. The Kier molecular flexibility index (Phi) is 2.54. The number of H-pyrrole nitrogens is 1. The fourth-order valence-corrected chi connectivity index (χ4v) is 1.84. The number of ether oxygens (including phenoxy) is 1. The number of aromatic amines is 1. The molecule has 0 aliphatic carbocycles. The summed E-state index contributed by atoms with van der Waals surface area (Å²) in [6, 6.07) is 0. The molecular weight excluding hydrogens is 258 g/mol. The van der Waals surface area contributed by atoms with Crippen LogP contribution in [0.25, 0.3) is 11.5 Å². The summed E-state index contributed by atoms with van der Waals surface area (Å²) >= 11 is 0. The number of alkyl halides is 2. The quantitative estimate of drug-likeness (QED) is 0.883. The normalized spacial score (nSPS) is 17.1. The third-order valence-corrected chi connectivity index (χ3v) is 2.76. The van der Waals surface area contributed by atoms with Crippen LogP contribution in [0.15, 0.2) is 12.4 Å². The van der Waals surface area contributed by atoms with Crippen LogP contribution in [-0.4, -0.2) is 51.5 Å². The minimum absolute atomic E-state index is 0.239. The van der Waals surface area contributed by atoms with E-state index in [4.69, 9.17) is 4.74 Å². The molecule has 3 heterocycles. The van der Waals surface area contributed by atoms with Gasteiger partial charge in [0.1, 0.15) is 11.4 Å². The van der Waals surface area contributed by atoms with Crippen LogP contribution in [0.2, 0.25) is 0 Å². The van der Waals surface area contributed by atoms with E-state index in [1.807, 2.05) is 0 Å². The molecule has 0 aromatic carbocycles. The number of hydrogen-bond donors (Lipinski definition) is 1. The number of anilines is 1. The maximum Gasteiger partial charge on any atom is 0.282 e. The number of rotatable bonds is 3. The van der Waals surface area contributed by atoms with Gasteiger partial charge in [-0.25, -0.2) is 13.8 Å². The van der Waals surface area contributed by atoms with E-state index in [0.29, 0.717) is 17.2 Å². The molecule has 2 aromatic heterocycles. The third-order valence-electron chi connectivity index (χ3n) is 2.76. The number of methoxy groups -OCH3 is 1. The molecule has 0 bridgehead atoms. The predicted octanol–water partition coefficient (Wildman–Crippen LogP) is 0.726. The zero-order chi connectivity index (χ0) is 13.5. The molecule has 100 valence electrons. The largest absolute Gasteiger partial charge is 0.479 e. The van der Waals surface area contributed by atoms with Crippen LogP contribution < -0.4 is 9.64 Å². The maximum absolute atomic E-state index is 12.9. The Labute approximate surface area is 106 Å². The number of hydrogen-bond acceptors (Lipinski definition) is 6. The molecule has 1 aliphatic heterocycles. The van der Waals surface area contributed by atoms with Crippen LogP contribution >= 0.6 is 0 Å². The molecule has 0 atom stereocenters. The van der Waals surface area contributed by atoms with Crippen molar-refractivity contribution in [3.8, 4) is 17.4 Å². The van der Waals surface area contributed by atoms with Gasteiger partial charge in [-0.3, -0.25) is 5.10 Å². The van der Waals surface area contributed by atoms with Crippen molar-refractivity contribution in [2.45, 2.75) is 5.92 Å². The van der Waals surface area contributed by atoms with Gasteiger partial charge in [-0.05, 0) is 0 Å². The lowest BCUT2D eigenvalue weighted by Crippen LogP contribution is -2.56. The molecule has 0 radical (unpaired) electrons. The molecule has 1 aliphatic rings. The summed E-state index contributed by atoms with van der Waals surface area (Å²) in [5.74, 6) is -2.10. The molecule has 2 aromatic rings. The molecule has 9 heteroatoms. The monoisotopic (exact) mass is 268 g/mol. The van der Waals surface area contributed by atoms with Crippen LogP contribution in [0.4, 0.5) is 14.5 Å². The van der Waals surface area contributed by atoms with Gasteiger partial charge in [0.15, 0.2) is 5.82 Å². The first-order valence-electron chi connectivity index (χ1n) is 5.50. The summed E-state index contributed by atoms with van der Waals surface area (Å²) in [5.41, 5.74) is 0.902. The lowest BCUT2D eigenvalue weighted by Gasteiger charge is -2.40. The molecule has 0 amide bonds. The van der Waals surface area contributed by atoms with Gasteiger partial charge in [0.2, 0.25) is 5.88 Å². The van der Waals surface area contributed by atoms with Gasteiger partial charge < -0.3 is 9.64 Å². The van der Waals surface area contributed by atoms with Crippen molar-refractivity contribution in [1.29, 1.82) is 0 Å². The van der Waals surface area contributed by atoms with E-state index in [9.17, 15) is 8.78 Å². The summed E-state index contributed by atoms with van der Waals surface area (Å²) in [4.78, 5) is 9.69. The molecular formula is C10H10F2N6O. The SMILES string of the molecule is COc1nc(-c2c[nH]nn2)ncc1N1CC(F)(F)C1. The van der Waals surface area contributed by atoms with Gasteiger partial charge >= 0.3 is 0 Å². The van der Waals surface area contributed by atoms with Crippen molar-refractivity contribution in [2.75, 3.05) is 25.1 Å². The lowest BCUT2D eigenvalue weighted by molar-refractivity contribution is -0.0265. The number of nitrogens with zero attached hydrogens (tertiary/aromatic N) is 5. The molecule has 0 unspecified atom stereocenters. The highest BCUT2D eigenvalue weighted by Crippen LogP contribution is 2.36. The van der Waals surface area contributed by atoms with Crippen molar-refractivity contribution < 1.29 is 13.5 Å². The summed E-state index contributed by atoms with van der Waals surface area (Å²) in [6.45, 7) is -0.702. The van der Waals surface area contributed by atoms with Gasteiger partial charge in [-0.1, -0.05) is 5.21 Å². The van der Waals surface area contributed by atoms with Gasteiger partial charge in [0, 0.05) is 0 Å².